The summed E-state index contributed by atoms with van der Waals surface area (Å²) in [4.78, 5) is 17.6. The van der Waals surface area contributed by atoms with Gasteiger partial charge in [0.25, 0.3) is 0 Å². The minimum absolute atomic E-state index is 0.0851. The van der Waals surface area contributed by atoms with Crippen molar-refractivity contribution in [1.29, 1.82) is 0 Å². The molecule has 0 radical (unpaired) electrons. The Hall–Kier alpha value is -1.98. The lowest BCUT2D eigenvalue weighted by Gasteiger charge is -2.33. The summed E-state index contributed by atoms with van der Waals surface area (Å²) in [6.45, 7) is 1.59. The Morgan fingerprint density at radius 2 is 2.44 bits per heavy atom. The van der Waals surface area contributed by atoms with Crippen LogP contribution in [0.4, 0.5) is 16.3 Å². The number of anilines is 2. The molecular weight excluding hydrogens is 232 g/mol. The van der Waals surface area contributed by atoms with Gasteiger partial charge in [-0.05, 0) is 25.0 Å². The number of pyridine rings is 1. The van der Waals surface area contributed by atoms with Crippen molar-refractivity contribution >= 4 is 17.6 Å². The summed E-state index contributed by atoms with van der Waals surface area (Å²) in [5, 5.41) is 2.46. The molecule has 1 aromatic rings. The van der Waals surface area contributed by atoms with Gasteiger partial charge in [-0.2, -0.15) is 0 Å². The van der Waals surface area contributed by atoms with E-state index in [0.717, 1.165) is 25.2 Å². The van der Waals surface area contributed by atoms with Gasteiger partial charge in [0, 0.05) is 13.6 Å². The summed E-state index contributed by atoms with van der Waals surface area (Å²) in [6, 6.07) is 3.71. The predicted octanol–water partition coefficient (Wildman–Crippen LogP) is 0.989. The van der Waals surface area contributed by atoms with Crippen LogP contribution in [0.3, 0.4) is 0 Å². The van der Waals surface area contributed by atoms with Crippen LogP contribution in [-0.4, -0.2) is 37.3 Å². The largest absolute Gasteiger partial charge is 0.444 e. The van der Waals surface area contributed by atoms with Crippen LogP contribution in [0, 0.1) is 0 Å². The highest BCUT2D eigenvalue weighted by Crippen LogP contribution is 2.20. The van der Waals surface area contributed by atoms with Gasteiger partial charge in [-0.25, -0.2) is 9.78 Å². The Morgan fingerprint density at radius 1 is 1.61 bits per heavy atom. The third-order valence-electron chi connectivity index (χ3n) is 2.95. The fourth-order valence-corrected chi connectivity index (χ4v) is 2.04. The second-order valence-electron chi connectivity index (χ2n) is 4.32. The van der Waals surface area contributed by atoms with Crippen molar-refractivity contribution < 1.29 is 9.53 Å². The number of nitrogens with two attached hydrogens (primary N) is 1. The minimum atomic E-state index is -0.382. The Kier molecular flexibility index (Phi) is 3.86. The van der Waals surface area contributed by atoms with Crippen LogP contribution < -0.4 is 16.0 Å². The van der Waals surface area contributed by atoms with Crippen molar-refractivity contribution in [1.82, 2.24) is 10.3 Å². The first-order valence-corrected chi connectivity index (χ1v) is 6.04. The molecule has 0 aromatic carbocycles. The summed E-state index contributed by atoms with van der Waals surface area (Å²) in [5.74, 6) is 0.870. The molecule has 2 rings (SSSR count). The van der Waals surface area contributed by atoms with Crippen LogP contribution in [-0.2, 0) is 4.74 Å². The first-order valence-electron chi connectivity index (χ1n) is 6.04. The van der Waals surface area contributed by atoms with Gasteiger partial charge in [-0.15, -0.1) is 0 Å². The number of nitrogens with one attached hydrogen (secondary N) is 1. The first kappa shape index (κ1) is 12.5. The molecule has 1 aromatic heterocycles. The van der Waals surface area contributed by atoms with Crippen LogP contribution in [0.25, 0.3) is 0 Å². The summed E-state index contributed by atoms with van der Waals surface area (Å²) >= 11 is 0. The molecule has 1 fully saturated rings. The zero-order valence-electron chi connectivity index (χ0n) is 10.4. The number of alkyl carbamates (subject to hydrolysis) is 1. The average Bonchev–Trinajstić information content (AvgIpc) is 2.40. The van der Waals surface area contributed by atoms with Crippen LogP contribution in [0.1, 0.15) is 12.8 Å². The van der Waals surface area contributed by atoms with Gasteiger partial charge in [-0.3, -0.25) is 0 Å². The van der Waals surface area contributed by atoms with Crippen LogP contribution >= 0.6 is 0 Å². The highest BCUT2D eigenvalue weighted by Gasteiger charge is 2.23. The van der Waals surface area contributed by atoms with E-state index < -0.39 is 0 Å². The molecule has 2 heterocycles. The number of carbonyl (C=O) groups excluding carboxylic acids is 1. The Balaban J connectivity index is 1.98. The van der Waals surface area contributed by atoms with Crippen molar-refractivity contribution in [2.75, 3.05) is 30.8 Å². The second-order valence-corrected chi connectivity index (χ2v) is 4.32. The van der Waals surface area contributed by atoms with Crippen molar-refractivity contribution in [2.45, 2.75) is 18.9 Å². The van der Waals surface area contributed by atoms with E-state index in [-0.39, 0.29) is 12.2 Å². The van der Waals surface area contributed by atoms with E-state index in [1.165, 1.54) is 0 Å². The molecule has 3 N–H and O–H groups in total. The fraction of sp³-hybridized carbons (Fsp3) is 0.500. The summed E-state index contributed by atoms with van der Waals surface area (Å²) in [5.41, 5.74) is 6.26. The molecule has 0 bridgehead atoms. The smallest absolute Gasteiger partial charge is 0.407 e. The number of amides is 1. The monoisotopic (exact) mass is 250 g/mol. The maximum Gasteiger partial charge on any atom is 0.407 e. The number of hydrogen-bond acceptors (Lipinski definition) is 5. The standard InChI is InChI=1S/C12H18N4O2/c1-14-12(17)18-10-3-2-6-16(8-10)11-5-4-9(13)7-15-11/h4-5,7,10H,2-3,6,8,13H2,1H3,(H,14,17). The normalized spacial score (nSPS) is 19.4. The molecular formula is C12H18N4O2. The number of hydrogen-bond donors (Lipinski definition) is 2. The summed E-state index contributed by atoms with van der Waals surface area (Å²) in [6.07, 6.45) is 3.04. The Labute approximate surface area is 106 Å². The molecule has 0 spiro atoms. The molecule has 1 aliphatic heterocycles. The van der Waals surface area contributed by atoms with Gasteiger partial charge in [0.1, 0.15) is 11.9 Å². The van der Waals surface area contributed by atoms with Crippen molar-refractivity contribution in [3.8, 4) is 0 Å². The summed E-state index contributed by atoms with van der Waals surface area (Å²) < 4.78 is 5.27. The van der Waals surface area contributed by atoms with Crippen molar-refractivity contribution in [3.63, 3.8) is 0 Å². The molecule has 1 aliphatic rings. The van der Waals surface area contributed by atoms with Gasteiger partial charge in [0.2, 0.25) is 0 Å². The zero-order valence-corrected chi connectivity index (χ0v) is 10.4. The van der Waals surface area contributed by atoms with E-state index in [1.54, 1.807) is 13.2 Å². The maximum absolute atomic E-state index is 11.2. The Bertz CT molecular complexity index is 407. The topological polar surface area (TPSA) is 80.5 Å². The van der Waals surface area contributed by atoms with Gasteiger partial charge >= 0.3 is 6.09 Å². The first-order chi connectivity index (χ1) is 8.69. The number of carbonyl (C=O) groups is 1. The van der Waals surface area contributed by atoms with Gasteiger partial charge in [-0.1, -0.05) is 0 Å². The third kappa shape index (κ3) is 3.03. The predicted molar refractivity (Wildman–Crippen MR) is 69.4 cm³/mol. The molecule has 1 amide bonds. The Morgan fingerprint density at radius 3 is 3.11 bits per heavy atom. The molecule has 18 heavy (non-hydrogen) atoms. The number of ether oxygens (including phenoxy) is 1. The number of aromatic nitrogens is 1. The van der Waals surface area contributed by atoms with E-state index in [2.05, 4.69) is 15.2 Å². The van der Waals surface area contributed by atoms with Crippen molar-refractivity contribution in [2.24, 2.45) is 0 Å². The van der Waals surface area contributed by atoms with E-state index in [1.807, 2.05) is 12.1 Å². The average molecular weight is 250 g/mol. The number of nitrogens with zero attached hydrogens (tertiary/aromatic N) is 2. The van der Waals surface area contributed by atoms with Crippen LogP contribution in [0.2, 0.25) is 0 Å². The molecule has 0 saturated carbocycles. The number of nitrogen functional groups attached to an aromatic ring is 1. The molecule has 6 nitrogen and oxygen atoms in total. The quantitative estimate of drug-likeness (QED) is 0.818. The van der Waals surface area contributed by atoms with Crippen LogP contribution in [0.15, 0.2) is 18.3 Å². The fourth-order valence-electron chi connectivity index (χ4n) is 2.04. The summed E-state index contributed by atoms with van der Waals surface area (Å²) in [7, 11) is 1.56. The van der Waals surface area contributed by atoms with Gasteiger partial charge in [0.05, 0.1) is 18.4 Å². The second kappa shape index (κ2) is 5.57. The third-order valence-corrected chi connectivity index (χ3v) is 2.95. The lowest BCUT2D eigenvalue weighted by molar-refractivity contribution is 0.0899. The molecule has 98 valence electrons. The van der Waals surface area contributed by atoms with E-state index in [9.17, 15) is 4.79 Å². The van der Waals surface area contributed by atoms with E-state index in [0.29, 0.717) is 12.2 Å². The molecule has 6 heteroatoms. The maximum atomic E-state index is 11.2. The van der Waals surface area contributed by atoms with E-state index in [4.69, 9.17) is 10.5 Å². The highest BCUT2D eigenvalue weighted by atomic mass is 16.6. The molecule has 0 aliphatic carbocycles. The lowest BCUT2D eigenvalue weighted by Crippen LogP contribution is -2.42. The number of rotatable bonds is 2. The highest BCUT2D eigenvalue weighted by molar-refractivity contribution is 5.67. The minimum Gasteiger partial charge on any atom is -0.444 e. The van der Waals surface area contributed by atoms with Crippen LogP contribution in [0.5, 0.6) is 0 Å². The SMILES string of the molecule is CNC(=O)OC1CCCN(c2ccc(N)cn2)C1. The zero-order chi connectivity index (χ0) is 13.0. The van der Waals surface area contributed by atoms with Gasteiger partial charge in [0.15, 0.2) is 0 Å². The van der Waals surface area contributed by atoms with Gasteiger partial charge < -0.3 is 20.7 Å². The lowest BCUT2D eigenvalue weighted by atomic mass is 10.1. The molecule has 1 saturated heterocycles. The molecule has 1 atom stereocenters. The van der Waals surface area contributed by atoms with Crippen molar-refractivity contribution in [3.05, 3.63) is 18.3 Å². The number of piperidine rings is 1. The van der Waals surface area contributed by atoms with E-state index >= 15 is 0 Å². The molecule has 1 unspecified atom stereocenters.